The van der Waals surface area contributed by atoms with Gasteiger partial charge in [0.25, 0.3) is 0 Å². The number of ether oxygens (including phenoxy) is 2. The standard InChI is InChI=1S/C39H66O6/c1-4-5-6-7-19-24-29-36(40)30-25-20-15-12-13-17-22-27-32-39(43)45-34-37(41)33-44-38(42)31-26-21-16-11-9-8-10-14-18-23-28-35(2)3/h5-6,13,15,17,19-20,24-25,30,35-37,40-41H,4,7-12,14,16,18,21-23,26-29,31-34H2,1-3H3/b6-5-,17-13-,20-15-,24-19-,30-25+/t36?,37-/m0/s1. The van der Waals surface area contributed by atoms with E-state index in [0.29, 0.717) is 19.3 Å². The second-order valence-electron chi connectivity index (χ2n) is 12.3. The molecule has 0 spiro atoms. The van der Waals surface area contributed by atoms with Gasteiger partial charge >= 0.3 is 11.9 Å². The van der Waals surface area contributed by atoms with E-state index in [4.69, 9.17) is 9.47 Å². The van der Waals surface area contributed by atoms with Gasteiger partial charge in [-0.1, -0.05) is 146 Å². The van der Waals surface area contributed by atoms with Crippen LogP contribution in [0.1, 0.15) is 143 Å². The molecular weight excluding hydrogens is 564 g/mol. The van der Waals surface area contributed by atoms with E-state index in [1.165, 1.54) is 51.4 Å². The third-order valence-corrected chi connectivity index (χ3v) is 7.28. The Morgan fingerprint density at radius 3 is 1.78 bits per heavy atom. The van der Waals surface area contributed by atoms with E-state index in [2.05, 4.69) is 39.0 Å². The van der Waals surface area contributed by atoms with Gasteiger partial charge in [-0.3, -0.25) is 9.59 Å². The normalized spacial score (nSPS) is 13.7. The molecule has 258 valence electrons. The lowest BCUT2D eigenvalue weighted by Crippen LogP contribution is -2.25. The highest BCUT2D eigenvalue weighted by Gasteiger charge is 2.12. The number of carbonyl (C=O) groups excluding carboxylic acids is 2. The lowest BCUT2D eigenvalue weighted by atomic mass is 10.0. The van der Waals surface area contributed by atoms with Gasteiger partial charge in [-0.2, -0.15) is 0 Å². The Hall–Kier alpha value is -2.44. The van der Waals surface area contributed by atoms with Crippen molar-refractivity contribution in [2.45, 2.75) is 155 Å². The second-order valence-corrected chi connectivity index (χ2v) is 12.3. The predicted molar refractivity (Wildman–Crippen MR) is 188 cm³/mol. The molecule has 0 aromatic carbocycles. The van der Waals surface area contributed by atoms with Crippen molar-refractivity contribution < 1.29 is 29.3 Å². The number of esters is 2. The highest BCUT2D eigenvalue weighted by Crippen LogP contribution is 2.14. The van der Waals surface area contributed by atoms with Crippen LogP contribution in [0.3, 0.4) is 0 Å². The first-order valence-corrected chi connectivity index (χ1v) is 17.8. The Morgan fingerprint density at radius 2 is 1.16 bits per heavy atom. The van der Waals surface area contributed by atoms with Crippen molar-refractivity contribution in [2.75, 3.05) is 13.2 Å². The van der Waals surface area contributed by atoms with Crippen LogP contribution in [0, 0.1) is 5.92 Å². The molecule has 0 saturated carbocycles. The maximum absolute atomic E-state index is 11.9. The number of allylic oxidation sites excluding steroid dienone is 8. The fourth-order valence-electron chi connectivity index (χ4n) is 4.57. The fraction of sp³-hybridized carbons (Fsp3) is 0.692. The molecule has 0 rings (SSSR count). The summed E-state index contributed by atoms with van der Waals surface area (Å²) in [7, 11) is 0. The van der Waals surface area contributed by atoms with Crippen LogP contribution in [-0.4, -0.2) is 47.6 Å². The molecule has 2 atom stereocenters. The first kappa shape index (κ1) is 42.6. The Bertz CT molecular complexity index is 838. The smallest absolute Gasteiger partial charge is 0.305 e. The zero-order valence-electron chi connectivity index (χ0n) is 28.9. The number of unbranched alkanes of at least 4 members (excludes halogenated alkanes) is 10. The van der Waals surface area contributed by atoms with E-state index in [1.807, 2.05) is 36.5 Å². The van der Waals surface area contributed by atoms with Gasteiger partial charge in [-0.25, -0.2) is 0 Å². The largest absolute Gasteiger partial charge is 0.463 e. The number of aliphatic hydroxyl groups is 2. The van der Waals surface area contributed by atoms with Gasteiger partial charge in [0.1, 0.15) is 19.3 Å². The highest BCUT2D eigenvalue weighted by atomic mass is 16.6. The van der Waals surface area contributed by atoms with Crippen molar-refractivity contribution in [3.05, 3.63) is 60.8 Å². The summed E-state index contributed by atoms with van der Waals surface area (Å²) in [6.07, 6.45) is 37.4. The van der Waals surface area contributed by atoms with Crippen molar-refractivity contribution in [3.8, 4) is 0 Å². The summed E-state index contributed by atoms with van der Waals surface area (Å²) < 4.78 is 10.2. The molecule has 0 amide bonds. The summed E-state index contributed by atoms with van der Waals surface area (Å²) in [5.41, 5.74) is 0. The van der Waals surface area contributed by atoms with Crippen LogP contribution in [0.4, 0.5) is 0 Å². The van der Waals surface area contributed by atoms with Crippen molar-refractivity contribution in [1.82, 2.24) is 0 Å². The van der Waals surface area contributed by atoms with Crippen LogP contribution in [0.2, 0.25) is 0 Å². The minimum Gasteiger partial charge on any atom is -0.463 e. The first-order valence-electron chi connectivity index (χ1n) is 17.8. The van der Waals surface area contributed by atoms with Crippen molar-refractivity contribution in [1.29, 1.82) is 0 Å². The van der Waals surface area contributed by atoms with Crippen LogP contribution in [-0.2, 0) is 19.1 Å². The quantitative estimate of drug-likeness (QED) is 0.0355. The van der Waals surface area contributed by atoms with Crippen LogP contribution in [0.25, 0.3) is 0 Å². The topological polar surface area (TPSA) is 93.1 Å². The summed E-state index contributed by atoms with van der Waals surface area (Å²) in [5, 5.41) is 19.9. The van der Waals surface area contributed by atoms with Crippen molar-refractivity contribution in [3.63, 3.8) is 0 Å². The van der Waals surface area contributed by atoms with Gasteiger partial charge in [0.05, 0.1) is 6.10 Å². The van der Waals surface area contributed by atoms with Crippen LogP contribution >= 0.6 is 0 Å². The minimum atomic E-state index is -1.01. The Labute approximate surface area is 275 Å². The Balaban J connectivity index is 3.65. The molecule has 0 fully saturated rings. The van der Waals surface area contributed by atoms with Crippen molar-refractivity contribution >= 4 is 11.9 Å². The van der Waals surface area contributed by atoms with Crippen LogP contribution in [0.15, 0.2) is 60.8 Å². The Kier molecular flexibility index (Phi) is 31.2. The van der Waals surface area contributed by atoms with Crippen LogP contribution in [0.5, 0.6) is 0 Å². The lowest BCUT2D eigenvalue weighted by Gasteiger charge is -2.12. The third kappa shape index (κ3) is 34.3. The molecule has 6 heteroatoms. The second kappa shape index (κ2) is 32.9. The van der Waals surface area contributed by atoms with Gasteiger partial charge in [0.2, 0.25) is 0 Å². The van der Waals surface area contributed by atoms with E-state index in [1.54, 1.807) is 6.08 Å². The Morgan fingerprint density at radius 1 is 0.622 bits per heavy atom. The summed E-state index contributed by atoms with van der Waals surface area (Å²) >= 11 is 0. The molecular formula is C39H66O6. The molecule has 2 N–H and O–H groups in total. The molecule has 0 aliphatic carbocycles. The summed E-state index contributed by atoms with van der Waals surface area (Å²) in [6, 6.07) is 0. The van der Waals surface area contributed by atoms with E-state index in [-0.39, 0.29) is 31.6 Å². The molecule has 0 bridgehead atoms. The molecule has 0 aromatic heterocycles. The maximum atomic E-state index is 11.9. The third-order valence-electron chi connectivity index (χ3n) is 7.28. The molecule has 0 heterocycles. The van der Waals surface area contributed by atoms with Gasteiger partial charge in [-0.15, -0.1) is 0 Å². The first-order chi connectivity index (χ1) is 21.8. The van der Waals surface area contributed by atoms with E-state index in [0.717, 1.165) is 50.9 Å². The zero-order chi connectivity index (χ0) is 33.2. The maximum Gasteiger partial charge on any atom is 0.305 e. The van der Waals surface area contributed by atoms with E-state index < -0.39 is 12.2 Å². The monoisotopic (exact) mass is 630 g/mol. The molecule has 45 heavy (non-hydrogen) atoms. The highest BCUT2D eigenvalue weighted by molar-refractivity contribution is 5.69. The van der Waals surface area contributed by atoms with Gasteiger partial charge in [-0.05, 0) is 50.9 Å². The molecule has 0 aliphatic rings. The van der Waals surface area contributed by atoms with Gasteiger partial charge in [0, 0.05) is 12.8 Å². The summed E-state index contributed by atoms with van der Waals surface area (Å²) in [4.78, 5) is 23.8. The van der Waals surface area contributed by atoms with Crippen LogP contribution < -0.4 is 0 Å². The number of rotatable bonds is 30. The molecule has 0 aliphatic heterocycles. The lowest BCUT2D eigenvalue weighted by molar-refractivity contribution is -0.152. The summed E-state index contributed by atoms with van der Waals surface area (Å²) in [6.45, 7) is 6.37. The van der Waals surface area contributed by atoms with Gasteiger partial charge < -0.3 is 19.7 Å². The molecule has 0 saturated heterocycles. The zero-order valence-corrected chi connectivity index (χ0v) is 28.9. The average Bonchev–Trinajstić information content (AvgIpc) is 3.01. The van der Waals surface area contributed by atoms with Crippen molar-refractivity contribution in [2.24, 2.45) is 5.92 Å². The molecule has 6 nitrogen and oxygen atoms in total. The SMILES string of the molecule is CC/C=C\C/C=C\CC(O)/C=C/C=C\C/C=C\CCCC(=O)OC[C@@H](O)COC(=O)CCCCCCCCCCCCC(C)C. The molecule has 0 radical (unpaired) electrons. The minimum absolute atomic E-state index is 0.151. The van der Waals surface area contributed by atoms with Gasteiger partial charge in [0.15, 0.2) is 0 Å². The van der Waals surface area contributed by atoms with E-state index in [9.17, 15) is 19.8 Å². The predicted octanol–water partition coefficient (Wildman–Crippen LogP) is 9.66. The number of carbonyl (C=O) groups is 2. The molecule has 1 unspecified atom stereocenters. The molecule has 0 aromatic rings. The van der Waals surface area contributed by atoms with E-state index >= 15 is 0 Å². The average molecular weight is 631 g/mol. The fourth-order valence-corrected chi connectivity index (χ4v) is 4.57. The number of aliphatic hydroxyl groups excluding tert-OH is 2. The number of hydrogen-bond donors (Lipinski definition) is 2. The number of hydrogen-bond acceptors (Lipinski definition) is 6. The summed E-state index contributed by atoms with van der Waals surface area (Å²) in [5.74, 6) is 0.144.